The fourth-order valence-corrected chi connectivity index (χ4v) is 1.54. The predicted octanol–water partition coefficient (Wildman–Crippen LogP) is 2.04. The molecule has 0 aliphatic heterocycles. The maximum atomic E-state index is 10.3. The monoisotopic (exact) mass is 238 g/mol. The lowest BCUT2D eigenvalue weighted by Crippen LogP contribution is -2.09. The van der Waals surface area contributed by atoms with E-state index in [1.807, 2.05) is 32.0 Å². The van der Waals surface area contributed by atoms with Crippen molar-refractivity contribution in [2.75, 3.05) is 19.8 Å². The minimum Gasteiger partial charge on any atom is -0.494 e. The van der Waals surface area contributed by atoms with Crippen LogP contribution in [-0.2, 0) is 16.0 Å². The van der Waals surface area contributed by atoms with Gasteiger partial charge in [-0.2, -0.15) is 0 Å². The largest absolute Gasteiger partial charge is 0.494 e. The van der Waals surface area contributed by atoms with Gasteiger partial charge in [0, 0.05) is 0 Å². The van der Waals surface area contributed by atoms with E-state index in [1.165, 1.54) is 0 Å². The van der Waals surface area contributed by atoms with Crippen LogP contribution in [0, 0.1) is 6.92 Å². The molecule has 0 bridgehead atoms. The zero-order valence-electron chi connectivity index (χ0n) is 10.2. The van der Waals surface area contributed by atoms with E-state index in [1.54, 1.807) is 0 Å². The van der Waals surface area contributed by atoms with Gasteiger partial charge in [-0.3, -0.25) is 0 Å². The zero-order valence-corrected chi connectivity index (χ0v) is 10.2. The van der Waals surface area contributed by atoms with E-state index in [0.29, 0.717) is 19.6 Å². The van der Waals surface area contributed by atoms with E-state index in [9.17, 15) is 4.79 Å². The number of rotatable bonds is 7. The molecule has 0 unspecified atom stereocenters. The highest BCUT2D eigenvalue weighted by atomic mass is 16.5. The minimum absolute atomic E-state index is 0.254. The molecule has 17 heavy (non-hydrogen) atoms. The number of benzene rings is 1. The standard InChI is InChI=1S/C13H18O4/c1-3-17-12-5-4-10(2)8-11(12)6-7-16-9-13(14)15/h4-5,8H,3,6-7,9H2,1-2H3,(H,14,15). The van der Waals surface area contributed by atoms with Gasteiger partial charge in [0.05, 0.1) is 13.2 Å². The van der Waals surface area contributed by atoms with Crippen LogP contribution >= 0.6 is 0 Å². The van der Waals surface area contributed by atoms with E-state index in [2.05, 4.69) is 0 Å². The van der Waals surface area contributed by atoms with Crippen LogP contribution in [0.3, 0.4) is 0 Å². The molecule has 0 saturated carbocycles. The summed E-state index contributed by atoms with van der Waals surface area (Å²) in [6, 6.07) is 5.97. The Balaban J connectivity index is 2.55. The van der Waals surface area contributed by atoms with Crippen molar-refractivity contribution in [3.63, 3.8) is 0 Å². The van der Waals surface area contributed by atoms with E-state index in [4.69, 9.17) is 14.6 Å². The molecular formula is C13H18O4. The number of ether oxygens (including phenoxy) is 2. The number of hydrogen-bond donors (Lipinski definition) is 1. The average molecular weight is 238 g/mol. The second kappa shape index (κ2) is 6.91. The van der Waals surface area contributed by atoms with Crippen LogP contribution in [0.15, 0.2) is 18.2 Å². The zero-order chi connectivity index (χ0) is 12.7. The second-order valence-electron chi connectivity index (χ2n) is 3.74. The Morgan fingerprint density at radius 2 is 2.18 bits per heavy atom. The van der Waals surface area contributed by atoms with E-state index >= 15 is 0 Å². The first kappa shape index (κ1) is 13.5. The number of carbonyl (C=O) groups is 1. The third-order valence-electron chi connectivity index (χ3n) is 2.26. The number of hydrogen-bond acceptors (Lipinski definition) is 3. The molecule has 0 spiro atoms. The molecule has 0 radical (unpaired) electrons. The molecule has 0 heterocycles. The fourth-order valence-electron chi connectivity index (χ4n) is 1.54. The van der Waals surface area contributed by atoms with Gasteiger partial charge in [-0.15, -0.1) is 0 Å². The van der Waals surface area contributed by atoms with Crippen molar-refractivity contribution in [1.82, 2.24) is 0 Å². The molecular weight excluding hydrogens is 220 g/mol. The van der Waals surface area contributed by atoms with Crippen LogP contribution in [0.5, 0.6) is 5.75 Å². The van der Waals surface area contributed by atoms with Crippen LogP contribution in [0.4, 0.5) is 0 Å². The molecule has 94 valence electrons. The molecule has 0 atom stereocenters. The molecule has 1 aromatic rings. The van der Waals surface area contributed by atoms with E-state index in [0.717, 1.165) is 16.9 Å². The van der Waals surface area contributed by atoms with E-state index < -0.39 is 5.97 Å². The summed E-state index contributed by atoms with van der Waals surface area (Å²) >= 11 is 0. The van der Waals surface area contributed by atoms with Crippen molar-refractivity contribution in [1.29, 1.82) is 0 Å². The van der Waals surface area contributed by atoms with Gasteiger partial charge >= 0.3 is 5.97 Å². The maximum Gasteiger partial charge on any atom is 0.329 e. The average Bonchev–Trinajstić information content (AvgIpc) is 2.28. The van der Waals surface area contributed by atoms with E-state index in [-0.39, 0.29) is 6.61 Å². The third-order valence-corrected chi connectivity index (χ3v) is 2.26. The Morgan fingerprint density at radius 3 is 2.82 bits per heavy atom. The lowest BCUT2D eigenvalue weighted by molar-refractivity contribution is -0.142. The third kappa shape index (κ3) is 4.87. The molecule has 0 fully saturated rings. The first-order chi connectivity index (χ1) is 8.13. The van der Waals surface area contributed by atoms with Crippen LogP contribution in [0.2, 0.25) is 0 Å². The molecule has 0 aliphatic carbocycles. The molecule has 0 amide bonds. The molecule has 4 heteroatoms. The van der Waals surface area contributed by atoms with Crippen molar-refractivity contribution in [3.8, 4) is 5.75 Å². The Hall–Kier alpha value is -1.55. The summed E-state index contributed by atoms with van der Waals surface area (Å²) in [7, 11) is 0. The van der Waals surface area contributed by atoms with Crippen molar-refractivity contribution < 1.29 is 19.4 Å². The Morgan fingerprint density at radius 1 is 1.41 bits per heavy atom. The molecule has 1 rings (SSSR count). The molecule has 1 aromatic carbocycles. The summed E-state index contributed by atoms with van der Waals surface area (Å²) in [5, 5.41) is 8.44. The number of aryl methyl sites for hydroxylation is 1. The Labute approximate surface area is 101 Å². The van der Waals surface area contributed by atoms with Crippen LogP contribution < -0.4 is 4.74 Å². The summed E-state index contributed by atoms with van der Waals surface area (Å²) in [4.78, 5) is 10.3. The molecule has 0 aliphatic rings. The van der Waals surface area contributed by atoms with Gasteiger partial charge in [-0.25, -0.2) is 4.79 Å². The van der Waals surface area contributed by atoms with Gasteiger partial charge in [0.1, 0.15) is 12.4 Å². The van der Waals surface area contributed by atoms with Gasteiger partial charge < -0.3 is 14.6 Å². The summed E-state index contributed by atoms with van der Waals surface area (Å²) in [6.07, 6.45) is 0.657. The Kier molecular flexibility index (Phi) is 5.49. The Bertz CT molecular complexity index is 374. The van der Waals surface area contributed by atoms with Gasteiger partial charge in [0.15, 0.2) is 0 Å². The number of aliphatic carboxylic acids is 1. The predicted molar refractivity (Wildman–Crippen MR) is 64.5 cm³/mol. The lowest BCUT2D eigenvalue weighted by atomic mass is 10.1. The molecule has 4 nitrogen and oxygen atoms in total. The fraction of sp³-hybridized carbons (Fsp3) is 0.462. The van der Waals surface area contributed by atoms with Gasteiger partial charge in [0.2, 0.25) is 0 Å². The lowest BCUT2D eigenvalue weighted by Gasteiger charge is -2.11. The maximum absolute atomic E-state index is 10.3. The first-order valence-electron chi connectivity index (χ1n) is 5.65. The van der Waals surface area contributed by atoms with Crippen molar-refractivity contribution in [2.45, 2.75) is 20.3 Å². The molecule has 0 aromatic heterocycles. The summed E-state index contributed by atoms with van der Waals surface area (Å²) in [5.74, 6) is -0.101. The highest BCUT2D eigenvalue weighted by molar-refractivity contribution is 5.67. The van der Waals surface area contributed by atoms with Crippen molar-refractivity contribution in [3.05, 3.63) is 29.3 Å². The molecule has 0 saturated heterocycles. The highest BCUT2D eigenvalue weighted by Crippen LogP contribution is 2.20. The van der Waals surface area contributed by atoms with Crippen molar-refractivity contribution >= 4 is 5.97 Å². The summed E-state index contributed by atoms with van der Waals surface area (Å²) in [6.45, 7) is 4.69. The summed E-state index contributed by atoms with van der Waals surface area (Å²) < 4.78 is 10.5. The smallest absolute Gasteiger partial charge is 0.329 e. The topological polar surface area (TPSA) is 55.8 Å². The van der Waals surface area contributed by atoms with Crippen LogP contribution in [-0.4, -0.2) is 30.9 Å². The quantitative estimate of drug-likeness (QED) is 0.738. The second-order valence-corrected chi connectivity index (χ2v) is 3.74. The van der Waals surface area contributed by atoms with Gasteiger partial charge in [0.25, 0.3) is 0 Å². The van der Waals surface area contributed by atoms with Crippen molar-refractivity contribution in [2.24, 2.45) is 0 Å². The van der Waals surface area contributed by atoms with Gasteiger partial charge in [-0.05, 0) is 31.9 Å². The SMILES string of the molecule is CCOc1ccc(C)cc1CCOCC(=O)O. The first-order valence-corrected chi connectivity index (χ1v) is 5.65. The minimum atomic E-state index is -0.945. The number of carboxylic acids is 1. The summed E-state index contributed by atoms with van der Waals surface area (Å²) in [5.41, 5.74) is 2.21. The highest BCUT2D eigenvalue weighted by Gasteiger charge is 2.04. The van der Waals surface area contributed by atoms with Gasteiger partial charge in [-0.1, -0.05) is 17.7 Å². The number of carboxylic acid groups (broad SMARTS) is 1. The molecule has 1 N–H and O–H groups in total. The van der Waals surface area contributed by atoms with Crippen LogP contribution in [0.25, 0.3) is 0 Å². The normalized spacial score (nSPS) is 10.2. The van der Waals surface area contributed by atoms with Crippen LogP contribution in [0.1, 0.15) is 18.1 Å².